The summed E-state index contributed by atoms with van der Waals surface area (Å²) in [4.78, 5) is 14.5. The number of anilines is 2. The Balaban J connectivity index is 1.56. The molecular formula is C34H36N6O4. The molecule has 0 amide bonds. The van der Waals surface area contributed by atoms with Gasteiger partial charge in [0, 0.05) is 6.54 Å². The monoisotopic (exact) mass is 592 g/mol. The van der Waals surface area contributed by atoms with Crippen LogP contribution >= 0.6 is 0 Å². The van der Waals surface area contributed by atoms with Crippen molar-refractivity contribution in [3.8, 4) is 0 Å². The smallest absolute Gasteiger partial charge is 0.228 e. The van der Waals surface area contributed by atoms with Gasteiger partial charge in [0.2, 0.25) is 5.95 Å². The molecule has 44 heavy (non-hydrogen) atoms. The van der Waals surface area contributed by atoms with Crippen molar-refractivity contribution < 1.29 is 20.1 Å². The lowest BCUT2D eigenvalue weighted by Gasteiger charge is -2.37. The predicted molar refractivity (Wildman–Crippen MR) is 169 cm³/mol. The Morgan fingerprint density at radius 3 is 2.02 bits per heavy atom. The molecule has 2 aromatic heterocycles. The molecule has 0 saturated carbocycles. The Kier molecular flexibility index (Phi) is 8.15. The predicted octanol–water partition coefficient (Wildman–Crippen LogP) is 4.22. The van der Waals surface area contributed by atoms with Crippen molar-refractivity contribution in [1.29, 1.82) is 0 Å². The summed E-state index contributed by atoms with van der Waals surface area (Å²) in [5.41, 5.74) is 1.16. The lowest BCUT2D eigenvalue weighted by Crippen LogP contribution is -2.44. The normalized spacial score (nSPS) is 21.8. The SMILES string of the molecule is C=CCCNc1nc(NC(c2ccccc2)(c2ccccc2)c2ccccc2)nc2c1ncn2C1OC(CO)[C@@H](O)[C@@]1(C)O. The topological polar surface area (TPSA) is 138 Å². The molecule has 0 bridgehead atoms. The summed E-state index contributed by atoms with van der Waals surface area (Å²) in [7, 11) is 0. The minimum Gasteiger partial charge on any atom is -0.394 e. The van der Waals surface area contributed by atoms with E-state index in [9.17, 15) is 15.3 Å². The fourth-order valence-corrected chi connectivity index (χ4v) is 5.90. The van der Waals surface area contributed by atoms with Crippen LogP contribution in [0, 0.1) is 0 Å². The Morgan fingerprint density at radius 1 is 0.955 bits per heavy atom. The minimum atomic E-state index is -1.72. The van der Waals surface area contributed by atoms with E-state index in [0.29, 0.717) is 35.9 Å². The summed E-state index contributed by atoms with van der Waals surface area (Å²) in [6, 6.07) is 30.4. The summed E-state index contributed by atoms with van der Waals surface area (Å²) in [6.45, 7) is 5.40. The summed E-state index contributed by atoms with van der Waals surface area (Å²) >= 11 is 0. The van der Waals surface area contributed by atoms with E-state index >= 15 is 0 Å². The molecule has 1 aliphatic rings. The summed E-state index contributed by atoms with van der Waals surface area (Å²) in [6.07, 6.45) is 0.661. The van der Waals surface area contributed by atoms with Gasteiger partial charge in [0.1, 0.15) is 23.3 Å². The van der Waals surface area contributed by atoms with Crippen LogP contribution in [0.5, 0.6) is 0 Å². The molecule has 2 unspecified atom stereocenters. The van der Waals surface area contributed by atoms with Crippen LogP contribution in [0.4, 0.5) is 11.8 Å². The molecular weight excluding hydrogens is 556 g/mol. The second-order valence-corrected chi connectivity index (χ2v) is 11.1. The van der Waals surface area contributed by atoms with Crippen molar-refractivity contribution >= 4 is 22.9 Å². The second-order valence-electron chi connectivity index (χ2n) is 11.1. The van der Waals surface area contributed by atoms with E-state index in [2.05, 4.69) is 58.6 Å². The molecule has 3 aromatic carbocycles. The molecule has 0 spiro atoms. The molecule has 5 N–H and O–H groups in total. The Morgan fingerprint density at radius 2 is 1.52 bits per heavy atom. The van der Waals surface area contributed by atoms with Gasteiger partial charge in [0.15, 0.2) is 23.2 Å². The highest BCUT2D eigenvalue weighted by atomic mass is 16.6. The first-order valence-corrected chi connectivity index (χ1v) is 14.6. The maximum absolute atomic E-state index is 11.3. The minimum absolute atomic E-state index is 0.300. The molecule has 0 radical (unpaired) electrons. The van der Waals surface area contributed by atoms with Gasteiger partial charge in [0.05, 0.1) is 12.9 Å². The van der Waals surface area contributed by atoms with Crippen LogP contribution in [-0.2, 0) is 10.3 Å². The number of imidazole rings is 1. The van der Waals surface area contributed by atoms with Crippen molar-refractivity contribution in [2.45, 2.75) is 42.9 Å². The number of ether oxygens (including phenoxy) is 1. The number of benzene rings is 3. The zero-order valence-electron chi connectivity index (χ0n) is 24.4. The standard InChI is InChI=1S/C34H36N6O4/c1-3-4-20-35-29-27-30(40(22-36-27)31-33(2,43)28(42)26(21-41)44-31)38-32(37-29)39-34(23-14-8-5-9-15-23,24-16-10-6-11-17-24)25-18-12-7-13-19-25/h3,5-19,22,26,28,31,41-43H,1,4,20-21H2,2H3,(H2,35,37,38,39)/t26?,28-,31?,33-/m1/s1. The molecule has 10 nitrogen and oxygen atoms in total. The lowest BCUT2D eigenvalue weighted by atomic mass is 9.77. The van der Waals surface area contributed by atoms with Crippen LogP contribution in [0.25, 0.3) is 11.2 Å². The van der Waals surface area contributed by atoms with Gasteiger partial charge in [-0.15, -0.1) is 6.58 Å². The van der Waals surface area contributed by atoms with Gasteiger partial charge in [-0.3, -0.25) is 4.57 Å². The van der Waals surface area contributed by atoms with E-state index in [-0.39, 0.29) is 0 Å². The fraction of sp³-hybridized carbons (Fsp3) is 0.265. The van der Waals surface area contributed by atoms with Gasteiger partial charge in [-0.05, 0) is 30.0 Å². The van der Waals surface area contributed by atoms with E-state index in [1.165, 1.54) is 13.3 Å². The molecule has 1 fully saturated rings. The summed E-state index contributed by atoms with van der Waals surface area (Å²) < 4.78 is 7.51. The Bertz CT molecular complexity index is 1620. The molecule has 226 valence electrons. The Labute approximate surface area is 255 Å². The van der Waals surface area contributed by atoms with Crippen LogP contribution in [-0.4, -0.2) is 65.8 Å². The highest BCUT2D eigenvalue weighted by Crippen LogP contribution is 2.42. The number of aliphatic hydroxyl groups is 3. The third-order valence-corrected chi connectivity index (χ3v) is 8.17. The third kappa shape index (κ3) is 5.11. The molecule has 1 saturated heterocycles. The van der Waals surface area contributed by atoms with Gasteiger partial charge in [-0.1, -0.05) is 97.1 Å². The van der Waals surface area contributed by atoms with Gasteiger partial charge in [0.25, 0.3) is 0 Å². The number of hydrogen-bond acceptors (Lipinski definition) is 9. The summed E-state index contributed by atoms with van der Waals surface area (Å²) in [5, 5.41) is 38.8. The van der Waals surface area contributed by atoms with Gasteiger partial charge in [-0.25, -0.2) is 4.98 Å². The zero-order valence-corrected chi connectivity index (χ0v) is 24.4. The van der Waals surface area contributed by atoms with Crippen LogP contribution in [0.1, 0.15) is 36.3 Å². The largest absolute Gasteiger partial charge is 0.394 e. The maximum atomic E-state index is 11.3. The second kappa shape index (κ2) is 12.2. The molecule has 3 heterocycles. The molecule has 4 atom stereocenters. The van der Waals surface area contributed by atoms with Crippen molar-refractivity contribution in [3.63, 3.8) is 0 Å². The number of nitrogens with one attached hydrogen (secondary N) is 2. The van der Waals surface area contributed by atoms with Gasteiger partial charge < -0.3 is 30.7 Å². The number of fused-ring (bicyclic) bond motifs is 1. The van der Waals surface area contributed by atoms with Gasteiger partial charge >= 0.3 is 0 Å². The van der Waals surface area contributed by atoms with Crippen molar-refractivity contribution in [3.05, 3.63) is 127 Å². The summed E-state index contributed by atoms with van der Waals surface area (Å²) in [5.74, 6) is 0.784. The maximum Gasteiger partial charge on any atom is 0.228 e. The molecule has 0 aliphatic carbocycles. The first-order chi connectivity index (χ1) is 21.4. The first kappa shape index (κ1) is 29.5. The van der Waals surface area contributed by atoms with Crippen LogP contribution in [0.3, 0.4) is 0 Å². The highest BCUT2D eigenvalue weighted by Gasteiger charge is 2.53. The van der Waals surface area contributed by atoms with E-state index in [0.717, 1.165) is 16.7 Å². The fourth-order valence-electron chi connectivity index (χ4n) is 5.90. The number of aliphatic hydroxyl groups excluding tert-OH is 2. The lowest BCUT2D eigenvalue weighted by molar-refractivity contribution is -0.0950. The first-order valence-electron chi connectivity index (χ1n) is 14.6. The van der Waals surface area contributed by atoms with Crippen LogP contribution in [0.2, 0.25) is 0 Å². The van der Waals surface area contributed by atoms with E-state index in [1.807, 2.05) is 60.7 Å². The van der Waals surface area contributed by atoms with E-state index in [4.69, 9.17) is 14.7 Å². The average Bonchev–Trinajstić information content (AvgIpc) is 3.58. The number of hydrogen-bond donors (Lipinski definition) is 5. The third-order valence-electron chi connectivity index (χ3n) is 8.17. The van der Waals surface area contributed by atoms with Gasteiger partial charge in [-0.2, -0.15) is 9.97 Å². The van der Waals surface area contributed by atoms with Crippen molar-refractivity contribution in [2.24, 2.45) is 0 Å². The average molecular weight is 593 g/mol. The molecule has 5 aromatic rings. The quantitative estimate of drug-likeness (QED) is 0.0867. The zero-order chi connectivity index (χ0) is 30.7. The molecule has 1 aliphatic heterocycles. The Hall–Kier alpha value is -4.61. The number of aromatic nitrogens is 4. The van der Waals surface area contributed by atoms with E-state index in [1.54, 1.807) is 4.57 Å². The number of rotatable bonds is 11. The molecule has 6 rings (SSSR count). The highest BCUT2D eigenvalue weighted by molar-refractivity contribution is 5.84. The van der Waals surface area contributed by atoms with Crippen LogP contribution < -0.4 is 10.6 Å². The van der Waals surface area contributed by atoms with E-state index < -0.39 is 36.2 Å². The van der Waals surface area contributed by atoms with Crippen molar-refractivity contribution in [2.75, 3.05) is 23.8 Å². The van der Waals surface area contributed by atoms with Crippen molar-refractivity contribution in [1.82, 2.24) is 19.5 Å². The molecule has 10 heteroatoms. The number of nitrogens with zero attached hydrogens (tertiary/aromatic N) is 4. The van der Waals surface area contributed by atoms with Crippen LogP contribution in [0.15, 0.2) is 110 Å².